The average Bonchev–Trinajstić information content (AvgIpc) is 2.29. The number of methoxy groups -OCH3 is 1. The van der Waals surface area contributed by atoms with Gasteiger partial charge in [-0.3, -0.25) is 10.1 Å². The second kappa shape index (κ2) is 6.80. The average molecular weight is 275 g/mol. The molecule has 7 heteroatoms. The molecular formula is C11H12ClFN2O3. The smallest absolute Gasteiger partial charge is 0.325 e. The van der Waals surface area contributed by atoms with Crippen LogP contribution in [-0.2, 0) is 4.79 Å². The van der Waals surface area contributed by atoms with Gasteiger partial charge in [-0.05, 0) is 12.1 Å². The fourth-order valence-electron chi connectivity index (χ4n) is 1.18. The molecule has 5 nitrogen and oxygen atoms in total. The van der Waals surface area contributed by atoms with Crippen LogP contribution in [-0.4, -0.2) is 24.9 Å². The molecule has 0 aliphatic carbocycles. The lowest BCUT2D eigenvalue weighted by atomic mass is 10.3. The number of benzene rings is 1. The van der Waals surface area contributed by atoms with E-state index in [1.807, 2.05) is 0 Å². The molecule has 0 spiro atoms. The summed E-state index contributed by atoms with van der Waals surface area (Å²) in [5.74, 6) is -0.922. The van der Waals surface area contributed by atoms with Crippen LogP contribution >= 0.6 is 11.6 Å². The lowest BCUT2D eigenvalue weighted by molar-refractivity contribution is -0.119. The van der Waals surface area contributed by atoms with E-state index in [1.54, 1.807) is 0 Å². The van der Waals surface area contributed by atoms with Gasteiger partial charge in [-0.15, -0.1) is 11.6 Å². The Hall–Kier alpha value is -1.82. The maximum Gasteiger partial charge on any atom is 0.325 e. The Morgan fingerprint density at radius 3 is 2.72 bits per heavy atom. The highest BCUT2D eigenvalue weighted by Gasteiger charge is 2.09. The molecule has 0 atom stereocenters. The van der Waals surface area contributed by atoms with E-state index in [-0.39, 0.29) is 23.7 Å². The third kappa shape index (κ3) is 4.21. The van der Waals surface area contributed by atoms with Crippen molar-refractivity contribution >= 4 is 29.2 Å². The van der Waals surface area contributed by atoms with Crippen LogP contribution in [0.15, 0.2) is 18.2 Å². The van der Waals surface area contributed by atoms with Gasteiger partial charge in [0, 0.05) is 24.1 Å². The first-order valence-electron chi connectivity index (χ1n) is 5.07. The fourth-order valence-corrected chi connectivity index (χ4v) is 1.35. The van der Waals surface area contributed by atoms with E-state index in [0.29, 0.717) is 0 Å². The van der Waals surface area contributed by atoms with E-state index in [9.17, 15) is 14.0 Å². The Bertz CT molecular complexity index is 454. The van der Waals surface area contributed by atoms with Crippen molar-refractivity contribution in [3.8, 4) is 5.75 Å². The zero-order valence-corrected chi connectivity index (χ0v) is 10.4. The van der Waals surface area contributed by atoms with Crippen molar-refractivity contribution in [2.75, 3.05) is 18.3 Å². The number of alkyl halides is 1. The van der Waals surface area contributed by atoms with Crippen molar-refractivity contribution in [2.24, 2.45) is 0 Å². The first-order chi connectivity index (χ1) is 8.56. The number of carbonyl (C=O) groups excluding carboxylic acids is 2. The number of carbonyl (C=O) groups is 2. The Labute approximate surface area is 108 Å². The lowest BCUT2D eigenvalue weighted by Gasteiger charge is -2.07. The molecule has 0 aliphatic heterocycles. The van der Waals surface area contributed by atoms with Gasteiger partial charge in [0.1, 0.15) is 0 Å². The normalized spacial score (nSPS) is 9.72. The van der Waals surface area contributed by atoms with Gasteiger partial charge in [-0.25, -0.2) is 9.18 Å². The molecule has 0 radical (unpaired) electrons. The van der Waals surface area contributed by atoms with Gasteiger partial charge < -0.3 is 10.1 Å². The van der Waals surface area contributed by atoms with Crippen LogP contribution in [0.25, 0.3) is 0 Å². The topological polar surface area (TPSA) is 67.4 Å². The van der Waals surface area contributed by atoms with Crippen molar-refractivity contribution in [3.63, 3.8) is 0 Å². The van der Waals surface area contributed by atoms with Gasteiger partial charge in [0.25, 0.3) is 0 Å². The first-order valence-corrected chi connectivity index (χ1v) is 5.60. The maximum atomic E-state index is 13.3. The summed E-state index contributed by atoms with van der Waals surface area (Å²) in [6.45, 7) is 0. The SMILES string of the molecule is COc1ccc(NC(=O)NC(=O)CCCl)cc1F. The summed E-state index contributed by atoms with van der Waals surface area (Å²) in [6, 6.07) is 3.17. The van der Waals surface area contributed by atoms with E-state index < -0.39 is 17.8 Å². The summed E-state index contributed by atoms with van der Waals surface area (Å²) in [4.78, 5) is 22.4. The van der Waals surface area contributed by atoms with E-state index in [4.69, 9.17) is 16.3 Å². The van der Waals surface area contributed by atoms with Crippen molar-refractivity contribution in [1.29, 1.82) is 0 Å². The minimum atomic E-state index is -0.741. The second-order valence-electron chi connectivity index (χ2n) is 3.29. The molecule has 1 aromatic carbocycles. The van der Waals surface area contributed by atoms with Gasteiger partial charge in [-0.1, -0.05) is 0 Å². The van der Waals surface area contributed by atoms with Crippen LogP contribution in [0, 0.1) is 5.82 Å². The van der Waals surface area contributed by atoms with Crippen LogP contribution in [0.3, 0.4) is 0 Å². The number of hydrogen-bond acceptors (Lipinski definition) is 3. The molecule has 18 heavy (non-hydrogen) atoms. The number of rotatable bonds is 4. The first kappa shape index (κ1) is 14.2. The van der Waals surface area contributed by atoms with Gasteiger partial charge >= 0.3 is 6.03 Å². The van der Waals surface area contributed by atoms with Crippen molar-refractivity contribution in [2.45, 2.75) is 6.42 Å². The minimum absolute atomic E-state index is 0.0337. The van der Waals surface area contributed by atoms with Gasteiger partial charge in [0.05, 0.1) is 7.11 Å². The molecule has 0 fully saturated rings. The zero-order valence-electron chi connectivity index (χ0n) is 9.63. The number of halogens is 2. The molecule has 0 unspecified atom stereocenters. The summed E-state index contributed by atoms with van der Waals surface area (Å²) in [5.41, 5.74) is 0.212. The molecule has 0 aromatic heterocycles. The monoisotopic (exact) mass is 274 g/mol. The molecule has 0 aliphatic rings. The molecule has 1 aromatic rings. The standard InChI is InChI=1S/C11H12ClFN2O3/c1-18-9-3-2-7(6-8(9)13)14-11(17)15-10(16)4-5-12/h2-3,6H,4-5H2,1H3,(H2,14,15,16,17). The number of hydrogen-bond donors (Lipinski definition) is 2. The Morgan fingerprint density at radius 2 is 2.17 bits per heavy atom. The maximum absolute atomic E-state index is 13.3. The largest absolute Gasteiger partial charge is 0.494 e. The van der Waals surface area contributed by atoms with Crippen molar-refractivity contribution in [1.82, 2.24) is 5.32 Å². The molecule has 1 rings (SSSR count). The van der Waals surface area contributed by atoms with Crippen LogP contribution < -0.4 is 15.4 Å². The highest BCUT2D eigenvalue weighted by Crippen LogP contribution is 2.20. The number of imide groups is 1. The van der Waals surface area contributed by atoms with Crippen molar-refractivity contribution in [3.05, 3.63) is 24.0 Å². The highest BCUT2D eigenvalue weighted by molar-refractivity contribution is 6.19. The minimum Gasteiger partial charge on any atom is -0.494 e. The number of ether oxygens (including phenoxy) is 1. The summed E-state index contributed by atoms with van der Waals surface area (Å²) < 4.78 is 18.0. The van der Waals surface area contributed by atoms with Crippen LogP contribution in [0.2, 0.25) is 0 Å². The molecule has 0 bridgehead atoms. The molecular weight excluding hydrogens is 263 g/mol. The van der Waals surface area contributed by atoms with Crippen LogP contribution in [0.1, 0.15) is 6.42 Å². The number of anilines is 1. The van der Waals surface area contributed by atoms with Gasteiger partial charge in [-0.2, -0.15) is 0 Å². The number of amides is 3. The predicted molar refractivity (Wildman–Crippen MR) is 65.5 cm³/mol. The molecule has 3 amide bonds. The molecule has 98 valence electrons. The Kier molecular flexibility index (Phi) is 5.38. The number of urea groups is 1. The molecule has 2 N–H and O–H groups in total. The predicted octanol–water partition coefficient (Wildman–Crippen LogP) is 2.11. The third-order valence-electron chi connectivity index (χ3n) is 1.98. The second-order valence-corrected chi connectivity index (χ2v) is 3.67. The fraction of sp³-hybridized carbons (Fsp3) is 0.273. The van der Waals surface area contributed by atoms with Crippen LogP contribution in [0.4, 0.5) is 14.9 Å². The summed E-state index contributed by atoms with van der Waals surface area (Å²) in [5, 5.41) is 4.36. The van der Waals surface area contributed by atoms with Gasteiger partial charge in [0.2, 0.25) is 5.91 Å². The Morgan fingerprint density at radius 1 is 1.44 bits per heavy atom. The third-order valence-corrected chi connectivity index (χ3v) is 2.17. The van der Waals surface area contributed by atoms with Crippen molar-refractivity contribution < 1.29 is 18.7 Å². The summed E-state index contributed by atoms with van der Waals surface area (Å²) in [6.07, 6.45) is 0.0337. The van der Waals surface area contributed by atoms with E-state index in [2.05, 4.69) is 10.6 Å². The number of nitrogens with one attached hydrogen (secondary N) is 2. The zero-order chi connectivity index (χ0) is 13.5. The quantitative estimate of drug-likeness (QED) is 0.827. The highest BCUT2D eigenvalue weighted by atomic mass is 35.5. The lowest BCUT2D eigenvalue weighted by Crippen LogP contribution is -2.34. The van der Waals surface area contributed by atoms with Gasteiger partial charge in [0.15, 0.2) is 11.6 Å². The van der Waals surface area contributed by atoms with E-state index in [0.717, 1.165) is 6.07 Å². The van der Waals surface area contributed by atoms with E-state index >= 15 is 0 Å². The Balaban J connectivity index is 2.59. The summed E-state index contributed by atoms with van der Waals surface area (Å²) >= 11 is 5.34. The molecule has 0 saturated carbocycles. The van der Waals surface area contributed by atoms with E-state index in [1.165, 1.54) is 19.2 Å². The summed E-state index contributed by atoms with van der Waals surface area (Å²) in [7, 11) is 1.34. The molecule has 0 saturated heterocycles. The molecule has 0 heterocycles. The van der Waals surface area contributed by atoms with Crippen LogP contribution in [0.5, 0.6) is 5.75 Å².